The molecule has 0 radical (unpaired) electrons. The number of fused-ring (bicyclic) bond motifs is 1. The van der Waals surface area contributed by atoms with E-state index >= 15 is 0 Å². The third-order valence-electron chi connectivity index (χ3n) is 5.99. The van der Waals surface area contributed by atoms with Gasteiger partial charge < -0.3 is 14.8 Å². The van der Waals surface area contributed by atoms with Gasteiger partial charge in [-0.2, -0.15) is 0 Å². The highest BCUT2D eigenvalue weighted by atomic mass is 32.1. The van der Waals surface area contributed by atoms with Crippen LogP contribution < -0.4 is 14.8 Å². The van der Waals surface area contributed by atoms with E-state index < -0.39 is 5.54 Å². The maximum atomic E-state index is 13.2. The van der Waals surface area contributed by atoms with Gasteiger partial charge in [-0.3, -0.25) is 14.6 Å². The van der Waals surface area contributed by atoms with Crippen molar-refractivity contribution in [1.29, 1.82) is 0 Å². The number of carbonyl (C=O) groups excluding carboxylic acids is 2. The Morgan fingerprint density at radius 2 is 1.83 bits per heavy atom. The van der Waals surface area contributed by atoms with Crippen LogP contribution in [0.5, 0.6) is 11.5 Å². The maximum absolute atomic E-state index is 13.2. The van der Waals surface area contributed by atoms with Crippen LogP contribution in [0.25, 0.3) is 0 Å². The lowest BCUT2D eigenvalue weighted by Crippen LogP contribution is -2.51. The molecule has 4 heterocycles. The summed E-state index contributed by atoms with van der Waals surface area (Å²) in [6, 6.07) is 9.22. The molecule has 3 aliphatic rings. The Kier molecular flexibility index (Phi) is 4.88. The number of carbonyl (C=O) groups is 2. The fraction of sp³-hybridized carbons (Fsp3) is 0.429. The van der Waals surface area contributed by atoms with Crippen molar-refractivity contribution in [3.05, 3.63) is 46.2 Å². The van der Waals surface area contributed by atoms with Gasteiger partial charge in [0.05, 0.1) is 6.67 Å². The number of benzene rings is 1. The number of imide groups is 1. The van der Waals surface area contributed by atoms with Gasteiger partial charge in [-0.15, -0.1) is 11.3 Å². The molecule has 0 bridgehead atoms. The zero-order valence-electron chi connectivity index (χ0n) is 16.8. The highest BCUT2D eigenvalue weighted by molar-refractivity contribution is 7.09. The average Bonchev–Trinajstić information content (AvgIpc) is 3.47. The van der Waals surface area contributed by atoms with E-state index in [-0.39, 0.29) is 18.7 Å². The molecule has 30 heavy (non-hydrogen) atoms. The lowest BCUT2D eigenvalue weighted by Gasteiger charge is -2.35. The molecular weight excluding hydrogens is 404 g/mol. The second-order valence-corrected chi connectivity index (χ2v) is 9.00. The SMILES string of the molecule is C[C@@]1(c2ccc3c(c2)OCO3)NC(=O)N(CN2CCN(Cc3cccs3)CC2)C1=O. The van der Waals surface area contributed by atoms with Gasteiger partial charge in [0.1, 0.15) is 5.54 Å². The summed E-state index contributed by atoms with van der Waals surface area (Å²) < 4.78 is 10.8. The van der Waals surface area contributed by atoms with Gasteiger partial charge in [0.2, 0.25) is 6.79 Å². The average molecular weight is 429 g/mol. The van der Waals surface area contributed by atoms with E-state index in [1.54, 1.807) is 36.5 Å². The number of piperazine rings is 1. The molecule has 8 nitrogen and oxygen atoms in total. The first-order valence-electron chi connectivity index (χ1n) is 10.0. The zero-order chi connectivity index (χ0) is 20.7. The number of hydrogen-bond acceptors (Lipinski definition) is 7. The van der Waals surface area contributed by atoms with Crippen molar-refractivity contribution in [1.82, 2.24) is 20.0 Å². The number of urea groups is 1. The number of thiophene rings is 1. The standard InChI is InChI=1S/C21H24N4O4S/c1-21(15-4-5-17-18(11-15)29-14-28-17)19(26)25(20(27)22-21)13-24-8-6-23(7-9-24)12-16-3-2-10-30-16/h2-5,10-11H,6-9,12-14H2,1H3,(H,22,27)/t21-/m0/s1. The van der Waals surface area contributed by atoms with Gasteiger partial charge in [0.15, 0.2) is 11.5 Å². The van der Waals surface area contributed by atoms with Gasteiger partial charge in [0, 0.05) is 37.6 Å². The van der Waals surface area contributed by atoms with Crippen LogP contribution in [-0.4, -0.2) is 66.3 Å². The first kappa shape index (κ1) is 19.3. The van der Waals surface area contributed by atoms with Crippen LogP contribution in [0.2, 0.25) is 0 Å². The fourth-order valence-corrected chi connectivity index (χ4v) is 4.89. The van der Waals surface area contributed by atoms with Gasteiger partial charge in [-0.25, -0.2) is 9.69 Å². The Labute approximate surface area is 179 Å². The zero-order valence-corrected chi connectivity index (χ0v) is 17.6. The molecule has 2 fully saturated rings. The van der Waals surface area contributed by atoms with Crippen molar-refractivity contribution in [3.63, 3.8) is 0 Å². The smallest absolute Gasteiger partial charge is 0.326 e. The molecule has 0 aliphatic carbocycles. The highest BCUT2D eigenvalue weighted by Crippen LogP contribution is 2.37. The van der Waals surface area contributed by atoms with Crippen LogP contribution in [0.1, 0.15) is 17.4 Å². The van der Waals surface area contributed by atoms with Crippen molar-refractivity contribution in [2.45, 2.75) is 19.0 Å². The summed E-state index contributed by atoms with van der Waals surface area (Å²) in [4.78, 5) is 33.1. The third-order valence-corrected chi connectivity index (χ3v) is 6.85. The summed E-state index contributed by atoms with van der Waals surface area (Å²) in [7, 11) is 0. The monoisotopic (exact) mass is 428 g/mol. The normalized spacial score (nSPS) is 24.5. The lowest BCUT2D eigenvalue weighted by molar-refractivity contribution is -0.132. The first-order valence-corrected chi connectivity index (χ1v) is 10.9. The van der Waals surface area contributed by atoms with E-state index in [2.05, 4.69) is 32.6 Å². The minimum Gasteiger partial charge on any atom is -0.454 e. The predicted octanol–water partition coefficient (Wildman–Crippen LogP) is 2.02. The van der Waals surface area contributed by atoms with Gasteiger partial charge in [0.25, 0.3) is 5.91 Å². The molecule has 0 spiro atoms. The molecule has 1 aromatic carbocycles. The van der Waals surface area contributed by atoms with Crippen molar-refractivity contribution >= 4 is 23.3 Å². The van der Waals surface area contributed by atoms with E-state index in [0.717, 1.165) is 32.7 Å². The second kappa shape index (κ2) is 7.57. The molecule has 3 amide bonds. The van der Waals surface area contributed by atoms with Crippen molar-refractivity contribution in [3.8, 4) is 11.5 Å². The topological polar surface area (TPSA) is 74.4 Å². The van der Waals surface area contributed by atoms with E-state index in [1.807, 2.05) is 0 Å². The second-order valence-electron chi connectivity index (χ2n) is 7.97. The number of amides is 3. The summed E-state index contributed by atoms with van der Waals surface area (Å²) >= 11 is 1.77. The van der Waals surface area contributed by atoms with Crippen molar-refractivity contribution < 1.29 is 19.1 Å². The number of rotatable bonds is 5. The molecule has 9 heteroatoms. The summed E-state index contributed by atoms with van der Waals surface area (Å²) in [6.07, 6.45) is 0. The summed E-state index contributed by atoms with van der Waals surface area (Å²) in [5.74, 6) is 1.000. The molecule has 1 aromatic heterocycles. The van der Waals surface area contributed by atoms with Crippen LogP contribution >= 0.6 is 11.3 Å². The molecule has 2 aromatic rings. The van der Waals surface area contributed by atoms with Gasteiger partial charge >= 0.3 is 6.03 Å². The summed E-state index contributed by atoms with van der Waals surface area (Å²) in [5, 5.41) is 4.97. The molecule has 1 N–H and O–H groups in total. The van der Waals surface area contributed by atoms with Crippen LogP contribution in [0, 0.1) is 0 Å². The number of hydrogen-bond donors (Lipinski definition) is 1. The summed E-state index contributed by atoms with van der Waals surface area (Å²) in [6.45, 7) is 6.65. The minimum absolute atomic E-state index is 0.167. The van der Waals surface area contributed by atoms with Crippen LogP contribution in [0.4, 0.5) is 4.79 Å². The third kappa shape index (κ3) is 3.42. The Balaban J connectivity index is 1.23. The molecule has 0 saturated carbocycles. The highest BCUT2D eigenvalue weighted by Gasteiger charge is 2.49. The molecule has 0 unspecified atom stereocenters. The summed E-state index contributed by atoms with van der Waals surface area (Å²) in [5.41, 5.74) is -0.424. The predicted molar refractivity (Wildman–Crippen MR) is 111 cm³/mol. The number of nitrogens with one attached hydrogen (secondary N) is 1. The van der Waals surface area contributed by atoms with E-state index in [9.17, 15) is 9.59 Å². The largest absolute Gasteiger partial charge is 0.454 e. The molecule has 3 aliphatic heterocycles. The molecule has 1 atom stereocenters. The Morgan fingerprint density at radius 3 is 2.60 bits per heavy atom. The van der Waals surface area contributed by atoms with E-state index in [1.165, 1.54) is 9.78 Å². The minimum atomic E-state index is -1.11. The van der Waals surface area contributed by atoms with E-state index in [0.29, 0.717) is 23.7 Å². The van der Waals surface area contributed by atoms with Crippen LogP contribution in [-0.2, 0) is 16.9 Å². The van der Waals surface area contributed by atoms with E-state index in [4.69, 9.17) is 9.47 Å². The first-order chi connectivity index (χ1) is 14.5. The number of ether oxygens (including phenoxy) is 2. The maximum Gasteiger partial charge on any atom is 0.326 e. The van der Waals surface area contributed by atoms with Gasteiger partial charge in [-0.1, -0.05) is 12.1 Å². The van der Waals surface area contributed by atoms with Gasteiger partial charge in [-0.05, 0) is 36.1 Å². The Morgan fingerprint density at radius 1 is 1.07 bits per heavy atom. The van der Waals surface area contributed by atoms with Crippen LogP contribution in [0.15, 0.2) is 35.7 Å². The number of nitrogens with zero attached hydrogens (tertiary/aromatic N) is 3. The Bertz CT molecular complexity index is 958. The molecule has 2 saturated heterocycles. The van der Waals surface area contributed by atoms with Crippen LogP contribution in [0.3, 0.4) is 0 Å². The molecule has 158 valence electrons. The van der Waals surface area contributed by atoms with Crippen molar-refractivity contribution in [2.24, 2.45) is 0 Å². The quantitative estimate of drug-likeness (QED) is 0.735. The molecular formula is C21H24N4O4S. The lowest BCUT2D eigenvalue weighted by atomic mass is 9.92. The molecule has 5 rings (SSSR count). The fourth-order valence-electron chi connectivity index (χ4n) is 4.14. The van der Waals surface area contributed by atoms with Crippen molar-refractivity contribution in [2.75, 3.05) is 39.6 Å². The Hall–Kier alpha value is -2.62.